The van der Waals surface area contributed by atoms with Crippen molar-refractivity contribution >= 4 is 5.84 Å². The highest BCUT2D eigenvalue weighted by molar-refractivity contribution is 5.97. The molecule has 0 amide bonds. The molecular weight excluding hydrogens is 253 g/mol. The molecule has 7 heteroatoms. The van der Waals surface area contributed by atoms with Gasteiger partial charge in [0.05, 0.1) is 18.8 Å². The van der Waals surface area contributed by atoms with Gasteiger partial charge in [0.15, 0.2) is 5.84 Å². The van der Waals surface area contributed by atoms with Gasteiger partial charge in [-0.1, -0.05) is 17.3 Å². The van der Waals surface area contributed by atoms with Crippen LogP contribution in [0, 0.1) is 5.82 Å². The predicted molar refractivity (Wildman–Crippen MR) is 68.3 cm³/mol. The van der Waals surface area contributed by atoms with Crippen LogP contribution in [0.4, 0.5) is 4.39 Å². The molecule has 106 valence electrons. The van der Waals surface area contributed by atoms with Crippen LogP contribution in [-0.4, -0.2) is 40.0 Å². The summed E-state index contributed by atoms with van der Waals surface area (Å²) in [6, 6.07) is 4.16. The molecule has 0 aliphatic heterocycles. The highest BCUT2D eigenvalue weighted by Crippen LogP contribution is 2.12. The summed E-state index contributed by atoms with van der Waals surface area (Å²) in [7, 11) is 0. The minimum absolute atomic E-state index is 0.139. The third-order valence-electron chi connectivity index (χ3n) is 2.86. The minimum Gasteiger partial charge on any atom is -0.409 e. The molecule has 0 fully saturated rings. The Balaban J connectivity index is 2.81. The van der Waals surface area contributed by atoms with Crippen molar-refractivity contribution in [2.75, 3.05) is 13.2 Å². The molecule has 0 aliphatic rings. The molecule has 0 saturated carbocycles. The van der Waals surface area contributed by atoms with Crippen molar-refractivity contribution in [1.82, 2.24) is 5.32 Å². The number of nitrogens with two attached hydrogens (primary N) is 1. The van der Waals surface area contributed by atoms with E-state index in [2.05, 4.69) is 10.5 Å². The number of aliphatic hydroxyl groups excluding tert-OH is 2. The highest BCUT2D eigenvalue weighted by atomic mass is 19.1. The molecule has 0 heterocycles. The molecule has 0 aromatic heterocycles. The number of hydrogen-bond acceptors (Lipinski definition) is 5. The summed E-state index contributed by atoms with van der Waals surface area (Å²) in [5.41, 5.74) is 5.10. The topological polar surface area (TPSA) is 111 Å². The molecule has 0 radical (unpaired) electrons. The fraction of sp³-hybridized carbons (Fsp3) is 0.417. The summed E-state index contributed by atoms with van der Waals surface area (Å²) in [6.45, 7) is 1.22. The average molecular weight is 271 g/mol. The second-order valence-corrected chi connectivity index (χ2v) is 4.52. The molecule has 0 unspecified atom stereocenters. The standard InChI is InChI=1S/C12H18FN3O3/c1-12(6-17,7-18)15-5-9-3-2-8(4-10(9)13)11(14)16-19/h2-4,15,17-19H,5-7H2,1H3,(H2,14,16). The van der Waals surface area contributed by atoms with E-state index in [0.717, 1.165) is 6.07 Å². The van der Waals surface area contributed by atoms with Gasteiger partial charge in [-0.15, -0.1) is 0 Å². The van der Waals surface area contributed by atoms with Crippen LogP contribution in [0.1, 0.15) is 18.1 Å². The highest BCUT2D eigenvalue weighted by Gasteiger charge is 2.21. The summed E-state index contributed by atoms with van der Waals surface area (Å²) in [5.74, 6) is -0.691. The fourth-order valence-corrected chi connectivity index (χ4v) is 1.38. The van der Waals surface area contributed by atoms with Gasteiger partial charge < -0.3 is 26.5 Å². The number of rotatable bonds is 6. The van der Waals surface area contributed by atoms with E-state index >= 15 is 0 Å². The van der Waals surface area contributed by atoms with Crippen LogP contribution in [-0.2, 0) is 6.54 Å². The first-order chi connectivity index (χ1) is 8.95. The number of halogens is 1. The lowest BCUT2D eigenvalue weighted by Crippen LogP contribution is -2.48. The van der Waals surface area contributed by atoms with E-state index in [9.17, 15) is 4.39 Å². The molecule has 6 N–H and O–H groups in total. The van der Waals surface area contributed by atoms with E-state index in [-0.39, 0.29) is 31.2 Å². The third-order valence-corrected chi connectivity index (χ3v) is 2.86. The Morgan fingerprint density at radius 2 is 2.05 bits per heavy atom. The molecule has 1 aromatic rings. The summed E-state index contributed by atoms with van der Waals surface area (Å²) in [4.78, 5) is 0. The average Bonchev–Trinajstić information content (AvgIpc) is 2.44. The first kappa shape index (κ1) is 15.4. The maximum Gasteiger partial charge on any atom is 0.170 e. The number of benzene rings is 1. The Kier molecular flexibility index (Phi) is 5.22. The minimum atomic E-state index is -0.878. The van der Waals surface area contributed by atoms with Gasteiger partial charge in [-0.25, -0.2) is 4.39 Å². The van der Waals surface area contributed by atoms with Gasteiger partial charge in [0.25, 0.3) is 0 Å². The number of hydrogen-bond donors (Lipinski definition) is 5. The van der Waals surface area contributed by atoms with Crippen LogP contribution < -0.4 is 11.1 Å². The van der Waals surface area contributed by atoms with Gasteiger partial charge in [-0.2, -0.15) is 0 Å². The van der Waals surface area contributed by atoms with Gasteiger partial charge in [-0.05, 0) is 13.0 Å². The van der Waals surface area contributed by atoms with Crippen LogP contribution in [0.25, 0.3) is 0 Å². The normalized spacial score (nSPS) is 12.7. The molecule has 19 heavy (non-hydrogen) atoms. The first-order valence-electron chi connectivity index (χ1n) is 5.69. The van der Waals surface area contributed by atoms with Crippen molar-refractivity contribution in [1.29, 1.82) is 0 Å². The molecule has 1 rings (SSSR count). The zero-order valence-electron chi connectivity index (χ0n) is 10.6. The maximum absolute atomic E-state index is 13.8. The van der Waals surface area contributed by atoms with Gasteiger partial charge in [-0.3, -0.25) is 0 Å². The SMILES string of the molecule is CC(CO)(CO)NCc1ccc(/C(N)=N/O)cc1F. The Morgan fingerprint density at radius 1 is 1.42 bits per heavy atom. The van der Waals surface area contributed by atoms with Crippen LogP contribution in [0.2, 0.25) is 0 Å². The van der Waals surface area contributed by atoms with Crippen molar-refractivity contribution in [2.45, 2.75) is 19.0 Å². The van der Waals surface area contributed by atoms with E-state index in [1.165, 1.54) is 12.1 Å². The van der Waals surface area contributed by atoms with E-state index in [0.29, 0.717) is 5.56 Å². The van der Waals surface area contributed by atoms with Crippen molar-refractivity contribution < 1.29 is 19.8 Å². The summed E-state index contributed by atoms with van der Waals surface area (Å²) in [5, 5.41) is 32.4. The van der Waals surface area contributed by atoms with Crippen LogP contribution in [0.5, 0.6) is 0 Å². The Bertz CT molecular complexity index is 462. The quantitative estimate of drug-likeness (QED) is 0.212. The van der Waals surface area contributed by atoms with E-state index in [1.807, 2.05) is 0 Å². The van der Waals surface area contributed by atoms with Gasteiger partial charge in [0.2, 0.25) is 0 Å². The Morgan fingerprint density at radius 3 is 2.53 bits per heavy atom. The molecule has 0 spiro atoms. The maximum atomic E-state index is 13.8. The van der Waals surface area contributed by atoms with Crippen molar-refractivity contribution in [2.24, 2.45) is 10.9 Å². The van der Waals surface area contributed by atoms with Gasteiger partial charge >= 0.3 is 0 Å². The largest absolute Gasteiger partial charge is 0.409 e. The molecule has 0 saturated heterocycles. The van der Waals surface area contributed by atoms with E-state index in [1.54, 1.807) is 6.92 Å². The van der Waals surface area contributed by atoms with Crippen molar-refractivity contribution in [3.05, 3.63) is 35.1 Å². The second-order valence-electron chi connectivity index (χ2n) is 4.52. The number of nitrogens with zero attached hydrogens (tertiary/aromatic N) is 1. The Labute approximate surface area is 110 Å². The summed E-state index contributed by atoms with van der Waals surface area (Å²) in [6.07, 6.45) is 0. The zero-order chi connectivity index (χ0) is 14.5. The van der Waals surface area contributed by atoms with Crippen LogP contribution in [0.15, 0.2) is 23.4 Å². The van der Waals surface area contributed by atoms with E-state index in [4.69, 9.17) is 21.2 Å². The lowest BCUT2D eigenvalue weighted by molar-refractivity contribution is 0.103. The predicted octanol–water partition coefficient (Wildman–Crippen LogP) is -0.247. The zero-order valence-corrected chi connectivity index (χ0v) is 10.6. The summed E-state index contributed by atoms with van der Waals surface area (Å²) >= 11 is 0. The molecule has 0 atom stereocenters. The van der Waals surface area contributed by atoms with Crippen molar-refractivity contribution in [3.8, 4) is 0 Å². The van der Waals surface area contributed by atoms with Crippen LogP contribution in [0.3, 0.4) is 0 Å². The number of aliphatic hydroxyl groups is 2. The summed E-state index contributed by atoms with van der Waals surface area (Å²) < 4.78 is 13.8. The lowest BCUT2D eigenvalue weighted by Gasteiger charge is -2.26. The van der Waals surface area contributed by atoms with E-state index < -0.39 is 11.4 Å². The second kappa shape index (κ2) is 6.46. The third kappa shape index (κ3) is 3.88. The molecule has 1 aromatic carbocycles. The number of nitrogens with one attached hydrogen (secondary N) is 1. The molecule has 6 nitrogen and oxygen atoms in total. The monoisotopic (exact) mass is 271 g/mol. The lowest BCUT2D eigenvalue weighted by atomic mass is 10.0. The number of amidine groups is 1. The number of oxime groups is 1. The van der Waals surface area contributed by atoms with Gasteiger partial charge in [0.1, 0.15) is 5.82 Å². The molecule has 0 aliphatic carbocycles. The molecular formula is C12H18FN3O3. The van der Waals surface area contributed by atoms with Crippen LogP contribution >= 0.6 is 0 Å². The fourth-order valence-electron chi connectivity index (χ4n) is 1.38. The molecule has 0 bridgehead atoms. The van der Waals surface area contributed by atoms with Gasteiger partial charge in [0, 0.05) is 17.7 Å². The Hall–Kier alpha value is -1.70. The smallest absolute Gasteiger partial charge is 0.170 e. The van der Waals surface area contributed by atoms with Crippen molar-refractivity contribution in [3.63, 3.8) is 0 Å². The first-order valence-corrected chi connectivity index (χ1v) is 5.69.